The van der Waals surface area contributed by atoms with Crippen molar-refractivity contribution in [2.45, 2.75) is 32.4 Å². The van der Waals surface area contributed by atoms with Crippen LogP contribution in [0.1, 0.15) is 31.9 Å². The van der Waals surface area contributed by atoms with E-state index in [2.05, 4.69) is 12.2 Å². The highest BCUT2D eigenvalue weighted by Crippen LogP contribution is 2.22. The second kappa shape index (κ2) is 7.78. The molecule has 1 aliphatic heterocycles. The Labute approximate surface area is 130 Å². The summed E-state index contributed by atoms with van der Waals surface area (Å²) < 4.78 is 10.6. The molecule has 2 rings (SSSR count). The van der Waals surface area contributed by atoms with E-state index in [4.69, 9.17) is 21.1 Å². The van der Waals surface area contributed by atoms with Crippen LogP contribution in [0.15, 0.2) is 24.3 Å². The monoisotopic (exact) mass is 311 g/mol. The second-order valence-corrected chi connectivity index (χ2v) is 5.75. The third-order valence-electron chi connectivity index (χ3n) is 3.83. The first-order valence-corrected chi connectivity index (χ1v) is 7.75. The van der Waals surface area contributed by atoms with E-state index in [-0.39, 0.29) is 12.0 Å². The number of halogens is 1. The van der Waals surface area contributed by atoms with Gasteiger partial charge in [0.05, 0.1) is 13.2 Å². The summed E-state index contributed by atoms with van der Waals surface area (Å²) in [4.78, 5) is 12.2. The van der Waals surface area contributed by atoms with Gasteiger partial charge in [-0.2, -0.15) is 0 Å². The molecule has 1 aromatic carbocycles. The van der Waals surface area contributed by atoms with Gasteiger partial charge in [-0.1, -0.05) is 23.7 Å². The maximum atomic E-state index is 12.2. The van der Waals surface area contributed by atoms with Gasteiger partial charge in [-0.05, 0) is 43.9 Å². The fraction of sp³-hybridized carbons (Fsp3) is 0.562. The Morgan fingerprint density at radius 1 is 1.48 bits per heavy atom. The average molecular weight is 312 g/mol. The summed E-state index contributed by atoms with van der Waals surface area (Å²) in [6.45, 7) is 5.80. The predicted octanol–water partition coefficient (Wildman–Crippen LogP) is 2.96. The number of benzene rings is 1. The highest BCUT2D eigenvalue weighted by Gasteiger charge is 2.28. The van der Waals surface area contributed by atoms with Gasteiger partial charge in [0.15, 0.2) is 0 Å². The number of hydrogen-bond acceptors (Lipinski definition) is 4. The van der Waals surface area contributed by atoms with Gasteiger partial charge in [-0.15, -0.1) is 0 Å². The Bertz CT molecular complexity index is 457. The van der Waals surface area contributed by atoms with Crippen molar-refractivity contribution in [2.75, 3.05) is 19.8 Å². The third-order valence-corrected chi connectivity index (χ3v) is 4.08. The number of carbonyl (C=O) groups is 1. The molecule has 1 saturated heterocycles. The van der Waals surface area contributed by atoms with Crippen molar-refractivity contribution in [1.82, 2.24) is 5.32 Å². The second-order valence-electron chi connectivity index (χ2n) is 5.32. The first-order chi connectivity index (χ1) is 10.1. The predicted molar refractivity (Wildman–Crippen MR) is 82.3 cm³/mol. The molecular weight excluding hydrogens is 290 g/mol. The summed E-state index contributed by atoms with van der Waals surface area (Å²) in [5.41, 5.74) is 0.864. The van der Waals surface area contributed by atoms with Crippen LogP contribution in [-0.4, -0.2) is 31.8 Å². The van der Waals surface area contributed by atoms with E-state index in [1.54, 1.807) is 12.1 Å². The Balaban J connectivity index is 2.11. The summed E-state index contributed by atoms with van der Waals surface area (Å²) >= 11 is 5.91. The fourth-order valence-electron chi connectivity index (χ4n) is 2.53. The molecule has 0 amide bonds. The van der Waals surface area contributed by atoms with Gasteiger partial charge < -0.3 is 9.47 Å². The molecule has 1 aromatic rings. The van der Waals surface area contributed by atoms with Crippen LogP contribution in [0.5, 0.6) is 0 Å². The standard InChI is InChI=1S/C16H22ClNO3/c1-3-21-16(19)15(12-4-6-14(17)7-5-12)18-11(2)13-8-9-20-10-13/h4-7,11,13,15,18H,3,8-10H2,1-2H3. The molecule has 0 aliphatic carbocycles. The van der Waals surface area contributed by atoms with E-state index in [9.17, 15) is 4.79 Å². The van der Waals surface area contributed by atoms with Crippen molar-refractivity contribution in [3.8, 4) is 0 Å². The Kier molecular flexibility index (Phi) is 6.03. The van der Waals surface area contributed by atoms with Crippen molar-refractivity contribution in [1.29, 1.82) is 0 Å². The van der Waals surface area contributed by atoms with E-state index in [1.807, 2.05) is 19.1 Å². The van der Waals surface area contributed by atoms with Crippen LogP contribution in [-0.2, 0) is 14.3 Å². The van der Waals surface area contributed by atoms with Gasteiger partial charge in [-0.25, -0.2) is 4.79 Å². The lowest BCUT2D eigenvalue weighted by molar-refractivity contribution is -0.146. The molecule has 116 valence electrons. The van der Waals surface area contributed by atoms with Crippen LogP contribution in [0.25, 0.3) is 0 Å². The Morgan fingerprint density at radius 3 is 2.76 bits per heavy atom. The van der Waals surface area contributed by atoms with Crippen LogP contribution >= 0.6 is 11.6 Å². The van der Waals surface area contributed by atoms with Gasteiger partial charge in [0.1, 0.15) is 6.04 Å². The molecule has 4 nitrogen and oxygen atoms in total. The summed E-state index contributed by atoms with van der Waals surface area (Å²) in [7, 11) is 0. The van der Waals surface area contributed by atoms with Gasteiger partial charge in [0.2, 0.25) is 0 Å². The first-order valence-electron chi connectivity index (χ1n) is 7.37. The normalized spacial score (nSPS) is 21.0. The van der Waals surface area contributed by atoms with Crippen molar-refractivity contribution in [3.05, 3.63) is 34.9 Å². The number of hydrogen-bond donors (Lipinski definition) is 1. The minimum atomic E-state index is -0.474. The largest absolute Gasteiger partial charge is 0.465 e. The molecule has 1 N–H and O–H groups in total. The van der Waals surface area contributed by atoms with Crippen LogP contribution in [0.4, 0.5) is 0 Å². The number of carbonyl (C=O) groups excluding carboxylic acids is 1. The minimum Gasteiger partial charge on any atom is -0.465 e. The molecule has 5 heteroatoms. The first kappa shape index (κ1) is 16.3. The Hall–Kier alpha value is -1.10. The molecule has 3 atom stereocenters. The van der Waals surface area contributed by atoms with E-state index < -0.39 is 6.04 Å². The van der Waals surface area contributed by atoms with Crippen molar-refractivity contribution in [3.63, 3.8) is 0 Å². The number of ether oxygens (including phenoxy) is 2. The van der Waals surface area contributed by atoms with Crippen LogP contribution in [0.3, 0.4) is 0 Å². The lowest BCUT2D eigenvalue weighted by Gasteiger charge is -2.25. The SMILES string of the molecule is CCOC(=O)C(NC(C)C1CCOC1)c1ccc(Cl)cc1. The molecule has 1 heterocycles. The zero-order chi connectivity index (χ0) is 15.2. The van der Waals surface area contributed by atoms with Gasteiger partial charge in [-0.3, -0.25) is 5.32 Å². The average Bonchev–Trinajstić information content (AvgIpc) is 3.00. The summed E-state index contributed by atoms with van der Waals surface area (Å²) in [6, 6.07) is 6.99. The maximum Gasteiger partial charge on any atom is 0.327 e. The molecular formula is C16H22ClNO3. The van der Waals surface area contributed by atoms with Crippen LogP contribution < -0.4 is 5.32 Å². The van der Waals surface area contributed by atoms with Gasteiger partial charge in [0.25, 0.3) is 0 Å². The molecule has 0 aromatic heterocycles. The molecule has 0 bridgehead atoms. The van der Waals surface area contributed by atoms with Gasteiger partial charge >= 0.3 is 5.97 Å². The van der Waals surface area contributed by atoms with Crippen molar-refractivity contribution in [2.24, 2.45) is 5.92 Å². The fourth-order valence-corrected chi connectivity index (χ4v) is 2.65. The minimum absolute atomic E-state index is 0.178. The number of nitrogens with one attached hydrogen (secondary N) is 1. The van der Waals surface area contributed by atoms with E-state index in [0.29, 0.717) is 17.5 Å². The van der Waals surface area contributed by atoms with E-state index in [1.165, 1.54) is 0 Å². The molecule has 0 radical (unpaired) electrons. The summed E-state index contributed by atoms with van der Waals surface area (Å²) in [5, 5.41) is 4.03. The molecule has 1 fully saturated rings. The van der Waals surface area contributed by atoms with Crippen LogP contribution in [0, 0.1) is 5.92 Å². The molecule has 21 heavy (non-hydrogen) atoms. The Morgan fingerprint density at radius 2 is 2.19 bits per heavy atom. The number of rotatable bonds is 6. The lowest BCUT2D eigenvalue weighted by Crippen LogP contribution is -2.40. The van der Waals surface area contributed by atoms with Crippen molar-refractivity contribution >= 4 is 17.6 Å². The van der Waals surface area contributed by atoms with Crippen molar-refractivity contribution < 1.29 is 14.3 Å². The topological polar surface area (TPSA) is 47.6 Å². The van der Waals surface area contributed by atoms with Crippen LogP contribution in [0.2, 0.25) is 5.02 Å². The maximum absolute atomic E-state index is 12.2. The third kappa shape index (κ3) is 4.43. The smallest absolute Gasteiger partial charge is 0.327 e. The van der Waals surface area contributed by atoms with E-state index in [0.717, 1.165) is 25.2 Å². The van der Waals surface area contributed by atoms with Gasteiger partial charge in [0, 0.05) is 17.7 Å². The molecule has 1 aliphatic rings. The quantitative estimate of drug-likeness (QED) is 0.821. The zero-order valence-electron chi connectivity index (χ0n) is 12.5. The van der Waals surface area contributed by atoms with E-state index >= 15 is 0 Å². The summed E-state index contributed by atoms with van der Waals surface area (Å²) in [6.07, 6.45) is 1.02. The number of esters is 1. The zero-order valence-corrected chi connectivity index (χ0v) is 13.2. The molecule has 3 unspecified atom stereocenters. The summed E-state index contributed by atoms with van der Waals surface area (Å²) in [5.74, 6) is 0.166. The lowest BCUT2D eigenvalue weighted by atomic mass is 9.98. The molecule has 0 saturated carbocycles. The highest BCUT2D eigenvalue weighted by atomic mass is 35.5. The molecule has 0 spiro atoms. The highest BCUT2D eigenvalue weighted by molar-refractivity contribution is 6.30.